The molecule has 0 spiro atoms. The van der Waals surface area contributed by atoms with Crippen molar-refractivity contribution < 1.29 is 19.5 Å². The number of fused-ring (bicyclic) bond motifs is 1. The van der Waals surface area contributed by atoms with Gasteiger partial charge in [0.2, 0.25) is 0 Å². The molecule has 0 bridgehead atoms. The Labute approximate surface area is 208 Å². The van der Waals surface area contributed by atoms with Crippen LogP contribution in [0.5, 0.6) is 0 Å². The molecule has 5 rings (SSSR count). The minimum atomic E-state index is -1.02. The molecule has 1 saturated carbocycles. The zero-order chi connectivity index (χ0) is 25.1. The van der Waals surface area contributed by atoms with Crippen LogP contribution in [-0.2, 0) is 4.79 Å². The third-order valence-corrected chi connectivity index (χ3v) is 6.51. The predicted octanol–water partition coefficient (Wildman–Crippen LogP) is 5.17. The first kappa shape index (κ1) is 23.1. The van der Waals surface area contributed by atoms with Gasteiger partial charge in [-0.05, 0) is 72.3 Å². The lowest BCUT2D eigenvalue weighted by atomic mass is 9.93. The highest BCUT2D eigenvalue weighted by atomic mass is 16.4. The SMILES string of the molecule is O=C1CCC(NC(=O)c2ccc(C#Cc3cccc(C(=O)O)c3-c3ccc4cc[nH]c4c3)cc2)CC1. The molecule has 4 aromatic rings. The van der Waals surface area contributed by atoms with E-state index in [0.717, 1.165) is 16.5 Å². The number of aromatic amines is 1. The Hall–Kier alpha value is -4.63. The van der Waals surface area contributed by atoms with Gasteiger partial charge < -0.3 is 15.4 Å². The average molecular weight is 477 g/mol. The lowest BCUT2D eigenvalue weighted by Crippen LogP contribution is -2.37. The summed E-state index contributed by atoms with van der Waals surface area (Å²) in [6, 6.07) is 19.8. The number of nitrogens with one attached hydrogen (secondary N) is 2. The summed E-state index contributed by atoms with van der Waals surface area (Å²) in [5, 5.41) is 13.9. The van der Waals surface area contributed by atoms with Gasteiger partial charge in [0, 0.05) is 52.9 Å². The van der Waals surface area contributed by atoms with Crippen LogP contribution in [0.3, 0.4) is 0 Å². The molecular formula is C30H24N2O4. The second kappa shape index (κ2) is 9.93. The maximum atomic E-state index is 12.6. The molecule has 0 saturated heterocycles. The summed E-state index contributed by atoms with van der Waals surface area (Å²) in [4.78, 5) is 39.1. The number of carboxylic acids is 1. The van der Waals surface area contributed by atoms with Crippen LogP contribution in [0.1, 0.15) is 57.5 Å². The van der Waals surface area contributed by atoms with Gasteiger partial charge in [0.1, 0.15) is 5.78 Å². The third kappa shape index (κ3) is 4.91. The van der Waals surface area contributed by atoms with E-state index in [-0.39, 0.29) is 23.3 Å². The predicted molar refractivity (Wildman–Crippen MR) is 138 cm³/mol. The number of amides is 1. The number of ketones is 1. The lowest BCUT2D eigenvalue weighted by molar-refractivity contribution is -0.120. The van der Waals surface area contributed by atoms with E-state index in [1.807, 2.05) is 36.5 Å². The van der Waals surface area contributed by atoms with Crippen molar-refractivity contribution in [3.05, 3.63) is 95.2 Å². The fourth-order valence-electron chi connectivity index (χ4n) is 4.55. The van der Waals surface area contributed by atoms with Crippen LogP contribution in [0.25, 0.3) is 22.0 Å². The highest BCUT2D eigenvalue weighted by Crippen LogP contribution is 2.30. The molecule has 0 atom stereocenters. The Kier molecular flexibility index (Phi) is 6.38. The van der Waals surface area contributed by atoms with Gasteiger partial charge in [0.05, 0.1) is 5.56 Å². The minimum absolute atomic E-state index is 0.0276. The summed E-state index contributed by atoms with van der Waals surface area (Å²) < 4.78 is 0. The standard InChI is InChI=1S/C30H24N2O4/c33-25-14-12-24(13-15-25)32-29(34)22-8-5-19(6-9-22)4-7-21-2-1-3-26(30(35)36)28(21)23-11-10-20-16-17-31-27(20)18-23/h1-3,5-6,8-11,16-18,24,31H,12-15H2,(H,32,34)(H,35,36). The molecule has 3 N–H and O–H groups in total. The van der Waals surface area contributed by atoms with Crippen molar-refractivity contribution in [2.75, 3.05) is 0 Å². The van der Waals surface area contributed by atoms with Crippen molar-refractivity contribution in [2.45, 2.75) is 31.7 Å². The Morgan fingerprint density at radius 3 is 2.47 bits per heavy atom. The Morgan fingerprint density at radius 2 is 1.72 bits per heavy atom. The average Bonchev–Trinajstić information content (AvgIpc) is 3.37. The number of carboxylic acid groups (broad SMARTS) is 1. The molecule has 0 radical (unpaired) electrons. The van der Waals surface area contributed by atoms with Crippen LogP contribution in [0, 0.1) is 11.8 Å². The number of hydrogen-bond acceptors (Lipinski definition) is 3. The molecule has 1 aliphatic rings. The molecule has 1 heterocycles. The normalized spacial score (nSPS) is 13.7. The second-order valence-electron chi connectivity index (χ2n) is 8.93. The van der Waals surface area contributed by atoms with Gasteiger partial charge in [0.25, 0.3) is 5.91 Å². The summed E-state index contributed by atoms with van der Waals surface area (Å²) >= 11 is 0. The lowest BCUT2D eigenvalue weighted by Gasteiger charge is -2.22. The van der Waals surface area contributed by atoms with Crippen LogP contribution in [0.4, 0.5) is 0 Å². The Morgan fingerprint density at radius 1 is 0.944 bits per heavy atom. The van der Waals surface area contributed by atoms with E-state index in [2.05, 4.69) is 22.1 Å². The topological polar surface area (TPSA) is 99.3 Å². The monoisotopic (exact) mass is 476 g/mol. The maximum absolute atomic E-state index is 12.6. The van der Waals surface area contributed by atoms with Crippen LogP contribution in [0.2, 0.25) is 0 Å². The Balaban J connectivity index is 1.40. The molecule has 3 aromatic carbocycles. The van der Waals surface area contributed by atoms with E-state index in [9.17, 15) is 19.5 Å². The summed E-state index contributed by atoms with van der Waals surface area (Å²) in [5.41, 5.74) is 4.28. The van der Waals surface area contributed by atoms with Crippen LogP contribution in [0.15, 0.2) is 72.9 Å². The number of hydrogen-bond donors (Lipinski definition) is 3. The second-order valence-corrected chi connectivity index (χ2v) is 8.93. The number of aromatic nitrogens is 1. The summed E-state index contributed by atoms with van der Waals surface area (Å²) in [5.74, 6) is 5.31. The van der Waals surface area contributed by atoms with Gasteiger partial charge >= 0.3 is 5.97 Å². The van der Waals surface area contributed by atoms with Gasteiger partial charge in [-0.25, -0.2) is 4.79 Å². The number of H-pyrrole nitrogens is 1. The van der Waals surface area contributed by atoms with Crippen LogP contribution in [-0.4, -0.2) is 33.8 Å². The number of aromatic carboxylic acids is 1. The van der Waals surface area contributed by atoms with Gasteiger partial charge in [-0.1, -0.05) is 30.0 Å². The molecule has 1 aliphatic carbocycles. The molecule has 1 amide bonds. The number of rotatable bonds is 4. The maximum Gasteiger partial charge on any atom is 0.336 e. The molecule has 0 unspecified atom stereocenters. The Bertz CT molecular complexity index is 1530. The first-order chi connectivity index (χ1) is 17.5. The van der Waals surface area contributed by atoms with Gasteiger partial charge in [-0.3, -0.25) is 9.59 Å². The third-order valence-electron chi connectivity index (χ3n) is 6.51. The first-order valence-electron chi connectivity index (χ1n) is 11.9. The van der Waals surface area contributed by atoms with E-state index in [4.69, 9.17) is 0 Å². The quantitative estimate of drug-likeness (QED) is 0.354. The largest absolute Gasteiger partial charge is 0.478 e. The zero-order valence-corrected chi connectivity index (χ0v) is 19.5. The summed E-state index contributed by atoms with van der Waals surface area (Å²) in [7, 11) is 0. The van der Waals surface area contributed by atoms with E-state index < -0.39 is 5.97 Å². The fraction of sp³-hybridized carbons (Fsp3) is 0.167. The van der Waals surface area contributed by atoms with Crippen molar-refractivity contribution in [3.63, 3.8) is 0 Å². The van der Waals surface area contributed by atoms with Crippen molar-refractivity contribution in [1.82, 2.24) is 10.3 Å². The first-order valence-corrected chi connectivity index (χ1v) is 11.9. The summed E-state index contributed by atoms with van der Waals surface area (Å²) in [6.07, 6.45) is 4.25. The molecule has 0 aliphatic heterocycles. The highest BCUT2D eigenvalue weighted by molar-refractivity contribution is 5.99. The number of carbonyl (C=O) groups excluding carboxylic acids is 2. The molecular weight excluding hydrogens is 452 g/mol. The fourth-order valence-corrected chi connectivity index (χ4v) is 4.55. The van der Waals surface area contributed by atoms with Crippen LogP contribution < -0.4 is 5.32 Å². The summed E-state index contributed by atoms with van der Waals surface area (Å²) in [6.45, 7) is 0. The minimum Gasteiger partial charge on any atom is -0.478 e. The van der Waals surface area contributed by atoms with Gasteiger partial charge in [-0.2, -0.15) is 0 Å². The van der Waals surface area contributed by atoms with Gasteiger partial charge in [-0.15, -0.1) is 0 Å². The van der Waals surface area contributed by atoms with E-state index >= 15 is 0 Å². The van der Waals surface area contributed by atoms with E-state index in [1.165, 1.54) is 0 Å². The zero-order valence-electron chi connectivity index (χ0n) is 19.5. The van der Waals surface area contributed by atoms with Crippen LogP contribution >= 0.6 is 0 Å². The number of benzene rings is 3. The van der Waals surface area contributed by atoms with Crippen molar-refractivity contribution in [3.8, 4) is 23.0 Å². The smallest absolute Gasteiger partial charge is 0.336 e. The molecule has 36 heavy (non-hydrogen) atoms. The number of carbonyl (C=O) groups is 3. The molecule has 1 aromatic heterocycles. The van der Waals surface area contributed by atoms with Crippen molar-refractivity contribution in [2.24, 2.45) is 0 Å². The van der Waals surface area contributed by atoms with Crippen molar-refractivity contribution >= 4 is 28.6 Å². The van der Waals surface area contributed by atoms with E-state index in [1.54, 1.807) is 36.4 Å². The molecule has 1 fully saturated rings. The number of Topliss-reactive ketones (excluding diaryl/α,β-unsaturated/α-hetero) is 1. The molecule has 178 valence electrons. The molecule has 6 heteroatoms. The molecule has 6 nitrogen and oxygen atoms in total. The van der Waals surface area contributed by atoms with Gasteiger partial charge in [0.15, 0.2) is 0 Å². The highest BCUT2D eigenvalue weighted by Gasteiger charge is 2.20. The van der Waals surface area contributed by atoms with Crippen molar-refractivity contribution in [1.29, 1.82) is 0 Å². The van der Waals surface area contributed by atoms with E-state index in [0.29, 0.717) is 47.9 Å².